The molecule has 5 heteroatoms. The van der Waals surface area contributed by atoms with Gasteiger partial charge in [-0.15, -0.1) is 0 Å². The van der Waals surface area contributed by atoms with Gasteiger partial charge in [0.15, 0.2) is 5.82 Å². The van der Waals surface area contributed by atoms with E-state index in [2.05, 4.69) is 10.5 Å². The van der Waals surface area contributed by atoms with Gasteiger partial charge >= 0.3 is 0 Å². The molecule has 0 saturated carbocycles. The fourth-order valence-electron chi connectivity index (χ4n) is 3.39. The van der Waals surface area contributed by atoms with Gasteiger partial charge in [-0.25, -0.2) is 4.98 Å². The summed E-state index contributed by atoms with van der Waals surface area (Å²) in [7, 11) is 0. The van der Waals surface area contributed by atoms with E-state index in [1.165, 1.54) is 0 Å². The maximum atomic E-state index is 12.7. The second kappa shape index (κ2) is 5.99. The zero-order valence-corrected chi connectivity index (χ0v) is 13.1. The molecule has 2 aliphatic rings. The summed E-state index contributed by atoms with van der Waals surface area (Å²) in [5.41, 5.74) is 6.98. The predicted octanol–water partition coefficient (Wildman–Crippen LogP) is 2.73. The van der Waals surface area contributed by atoms with Crippen LogP contribution < -0.4 is 11.0 Å². The molecular weight excluding hydrogens is 288 g/mol. The van der Waals surface area contributed by atoms with Gasteiger partial charge in [0.2, 0.25) is 0 Å². The second-order valence-corrected chi connectivity index (χ2v) is 6.16. The molecule has 0 unspecified atom stereocenters. The Labute approximate surface area is 135 Å². The number of hydrogen-bond donors (Lipinski definition) is 1. The first-order valence-corrected chi connectivity index (χ1v) is 8.33. The molecule has 0 saturated heterocycles. The minimum absolute atomic E-state index is 0.150. The summed E-state index contributed by atoms with van der Waals surface area (Å²) in [6.07, 6.45) is 5.79. The van der Waals surface area contributed by atoms with E-state index in [1.54, 1.807) is 0 Å². The number of benzene rings is 1. The summed E-state index contributed by atoms with van der Waals surface area (Å²) in [6, 6.07) is 9.86. The van der Waals surface area contributed by atoms with Crippen LogP contribution in [0.1, 0.15) is 42.8 Å². The fourth-order valence-corrected chi connectivity index (χ4v) is 3.39. The molecule has 1 N–H and O–H groups in total. The molecule has 1 aliphatic heterocycles. The Kier molecular flexibility index (Phi) is 3.69. The summed E-state index contributed by atoms with van der Waals surface area (Å²) >= 11 is 0. The smallest absolute Gasteiger partial charge is 0.257 e. The molecule has 1 aliphatic carbocycles. The molecule has 2 heterocycles. The van der Waals surface area contributed by atoms with E-state index < -0.39 is 0 Å². The monoisotopic (exact) mass is 308 g/mol. The molecule has 5 nitrogen and oxygen atoms in total. The summed E-state index contributed by atoms with van der Waals surface area (Å²) in [5.74, 6) is 0.755. The fraction of sp³-hybridized carbons (Fsp3) is 0.389. The molecule has 1 aromatic carbocycles. The van der Waals surface area contributed by atoms with Gasteiger partial charge in [0.05, 0.1) is 11.4 Å². The van der Waals surface area contributed by atoms with Crippen LogP contribution in [0.25, 0.3) is 0 Å². The molecule has 118 valence electrons. The topological polar surface area (TPSA) is 59.3 Å². The summed E-state index contributed by atoms with van der Waals surface area (Å²) < 4.78 is 1.82. The van der Waals surface area contributed by atoms with Crippen LogP contribution in [0.5, 0.6) is 0 Å². The van der Waals surface area contributed by atoms with Gasteiger partial charge in [0, 0.05) is 12.1 Å². The first kappa shape index (κ1) is 14.2. The van der Waals surface area contributed by atoms with Crippen molar-refractivity contribution < 1.29 is 0 Å². The minimum Gasteiger partial charge on any atom is -0.291 e. The van der Waals surface area contributed by atoms with E-state index in [9.17, 15) is 4.79 Å². The number of para-hydroxylation sites is 1. The van der Waals surface area contributed by atoms with Crippen molar-refractivity contribution in [2.45, 2.75) is 45.1 Å². The Morgan fingerprint density at radius 1 is 1.04 bits per heavy atom. The van der Waals surface area contributed by atoms with Crippen molar-refractivity contribution in [3.63, 3.8) is 0 Å². The predicted molar refractivity (Wildman–Crippen MR) is 91.0 cm³/mol. The van der Waals surface area contributed by atoms with Gasteiger partial charge in [-0.05, 0) is 50.7 Å². The van der Waals surface area contributed by atoms with Crippen molar-refractivity contribution in [1.82, 2.24) is 9.55 Å². The van der Waals surface area contributed by atoms with Crippen LogP contribution in [0.2, 0.25) is 0 Å². The maximum Gasteiger partial charge on any atom is 0.257 e. The molecular formula is C18H20N4O. The first-order chi connectivity index (χ1) is 11.3. The third-order valence-corrected chi connectivity index (χ3v) is 4.59. The highest BCUT2D eigenvalue weighted by molar-refractivity contribution is 5.98. The third kappa shape index (κ3) is 2.67. The van der Waals surface area contributed by atoms with Crippen molar-refractivity contribution in [2.24, 2.45) is 5.10 Å². The van der Waals surface area contributed by atoms with Gasteiger partial charge in [-0.2, -0.15) is 5.10 Å². The lowest BCUT2D eigenvalue weighted by Gasteiger charge is -2.23. The van der Waals surface area contributed by atoms with Crippen LogP contribution in [0.4, 0.5) is 5.69 Å². The second-order valence-electron chi connectivity index (χ2n) is 6.16. The SMILES string of the molecule is O=c1c2c(nc3n1CCC/C3=N/Nc1ccccc1)CCCC2. The van der Waals surface area contributed by atoms with Crippen LogP contribution >= 0.6 is 0 Å². The highest BCUT2D eigenvalue weighted by Crippen LogP contribution is 2.20. The molecule has 0 amide bonds. The van der Waals surface area contributed by atoms with Crippen LogP contribution in [-0.4, -0.2) is 15.3 Å². The number of hydrogen-bond acceptors (Lipinski definition) is 4. The molecule has 0 fully saturated rings. The number of anilines is 1. The van der Waals surface area contributed by atoms with Crippen molar-refractivity contribution in [1.29, 1.82) is 0 Å². The first-order valence-electron chi connectivity index (χ1n) is 8.33. The van der Waals surface area contributed by atoms with E-state index in [4.69, 9.17) is 4.98 Å². The van der Waals surface area contributed by atoms with E-state index in [0.717, 1.165) is 73.6 Å². The lowest BCUT2D eigenvalue weighted by atomic mass is 9.96. The molecule has 0 spiro atoms. The van der Waals surface area contributed by atoms with Gasteiger partial charge in [-0.1, -0.05) is 18.2 Å². The highest BCUT2D eigenvalue weighted by atomic mass is 16.1. The number of rotatable bonds is 2. The average Bonchev–Trinajstić information content (AvgIpc) is 2.61. The number of nitrogens with one attached hydrogen (secondary N) is 1. The largest absolute Gasteiger partial charge is 0.291 e. The molecule has 0 bridgehead atoms. The minimum atomic E-state index is 0.150. The standard InChI is InChI=1S/C18H20N4O/c23-18-14-9-4-5-10-15(14)19-17-16(11-6-12-22(17)18)21-20-13-7-2-1-3-8-13/h1-3,7-8,20H,4-6,9-12H2/b21-16-. The Bertz CT molecular complexity index is 808. The molecule has 4 rings (SSSR count). The lowest BCUT2D eigenvalue weighted by molar-refractivity contribution is 0.559. The molecule has 23 heavy (non-hydrogen) atoms. The number of aromatic nitrogens is 2. The number of fused-ring (bicyclic) bond motifs is 2. The Morgan fingerprint density at radius 3 is 2.74 bits per heavy atom. The van der Waals surface area contributed by atoms with Gasteiger partial charge in [-0.3, -0.25) is 14.8 Å². The Hall–Kier alpha value is -2.43. The van der Waals surface area contributed by atoms with Crippen LogP contribution in [0.3, 0.4) is 0 Å². The van der Waals surface area contributed by atoms with Crippen molar-refractivity contribution in [2.75, 3.05) is 5.43 Å². The summed E-state index contributed by atoms with van der Waals surface area (Å²) in [5, 5.41) is 4.53. The van der Waals surface area contributed by atoms with Crippen LogP contribution in [0.15, 0.2) is 40.2 Å². The highest BCUT2D eigenvalue weighted by Gasteiger charge is 2.24. The molecule has 0 radical (unpaired) electrons. The quantitative estimate of drug-likeness (QED) is 0.868. The van der Waals surface area contributed by atoms with Crippen molar-refractivity contribution in [3.8, 4) is 0 Å². The van der Waals surface area contributed by atoms with Gasteiger partial charge < -0.3 is 0 Å². The van der Waals surface area contributed by atoms with Crippen LogP contribution in [-0.2, 0) is 19.4 Å². The molecule has 2 aromatic rings. The van der Waals surface area contributed by atoms with E-state index in [1.807, 2.05) is 34.9 Å². The molecule has 0 atom stereocenters. The van der Waals surface area contributed by atoms with Crippen LogP contribution in [0, 0.1) is 0 Å². The van der Waals surface area contributed by atoms with E-state index >= 15 is 0 Å². The normalized spacial score (nSPS) is 18.3. The van der Waals surface area contributed by atoms with Gasteiger partial charge in [0.1, 0.15) is 5.71 Å². The number of hydrazone groups is 1. The third-order valence-electron chi connectivity index (χ3n) is 4.59. The summed E-state index contributed by atoms with van der Waals surface area (Å²) in [4.78, 5) is 17.5. The zero-order chi connectivity index (χ0) is 15.6. The Balaban J connectivity index is 1.73. The van der Waals surface area contributed by atoms with Gasteiger partial charge in [0.25, 0.3) is 5.56 Å². The lowest BCUT2D eigenvalue weighted by Crippen LogP contribution is -2.36. The number of aryl methyl sites for hydroxylation is 1. The van der Waals surface area contributed by atoms with E-state index in [-0.39, 0.29) is 5.56 Å². The zero-order valence-electron chi connectivity index (χ0n) is 13.1. The number of nitrogens with zero attached hydrogens (tertiary/aromatic N) is 3. The Morgan fingerprint density at radius 2 is 1.87 bits per heavy atom. The van der Waals surface area contributed by atoms with Crippen molar-refractivity contribution in [3.05, 3.63) is 57.8 Å². The average molecular weight is 308 g/mol. The maximum absolute atomic E-state index is 12.7. The van der Waals surface area contributed by atoms with E-state index in [0.29, 0.717) is 0 Å². The van der Waals surface area contributed by atoms with Crippen molar-refractivity contribution >= 4 is 11.4 Å². The molecule has 1 aromatic heterocycles. The summed E-state index contributed by atoms with van der Waals surface area (Å²) in [6.45, 7) is 0.749.